The van der Waals surface area contributed by atoms with Crippen molar-refractivity contribution in [2.24, 2.45) is 0 Å². The Morgan fingerprint density at radius 3 is 2.44 bits per heavy atom. The Hall–Kier alpha value is -2.50. The molecule has 1 aliphatic heterocycles. The Balaban J connectivity index is 2.24. The number of Topliss-reactive ketones (excluding diaryl/α,β-unsaturated/α-hetero) is 1. The summed E-state index contributed by atoms with van der Waals surface area (Å²) in [4.78, 5) is 26.2. The lowest BCUT2D eigenvalue weighted by molar-refractivity contribution is -0.129. The van der Waals surface area contributed by atoms with Crippen LogP contribution in [0.2, 0.25) is 0 Å². The molecule has 6 heteroatoms. The van der Waals surface area contributed by atoms with Gasteiger partial charge >= 0.3 is 0 Å². The molecule has 0 spiro atoms. The molecule has 0 bridgehead atoms. The van der Waals surface area contributed by atoms with Crippen molar-refractivity contribution < 1.29 is 24.5 Å². The van der Waals surface area contributed by atoms with E-state index in [1.807, 2.05) is 0 Å². The number of ether oxygens (including phenoxy) is 1. The monoisotopic (exact) mass is 375 g/mol. The van der Waals surface area contributed by atoms with Crippen LogP contribution in [-0.2, 0) is 9.59 Å². The third-order valence-electron chi connectivity index (χ3n) is 4.96. The minimum atomic E-state index is -0.667. The van der Waals surface area contributed by atoms with Crippen molar-refractivity contribution in [3.05, 3.63) is 35.1 Å². The molecule has 0 aliphatic carbocycles. The number of phenols is 1. The fraction of sp³-hybridized carbons (Fsp3) is 0.524. The molecule has 0 saturated carbocycles. The first-order valence-corrected chi connectivity index (χ1v) is 9.54. The van der Waals surface area contributed by atoms with E-state index in [2.05, 4.69) is 6.92 Å². The van der Waals surface area contributed by atoms with Crippen LogP contribution < -0.4 is 4.74 Å². The summed E-state index contributed by atoms with van der Waals surface area (Å²) < 4.78 is 5.15. The molecule has 1 aliphatic rings. The molecule has 2 N–H and O–H groups in total. The Morgan fingerprint density at radius 2 is 1.81 bits per heavy atom. The number of hydrogen-bond donors (Lipinski definition) is 2. The second-order valence-corrected chi connectivity index (χ2v) is 6.92. The molecule has 148 valence electrons. The van der Waals surface area contributed by atoms with Gasteiger partial charge in [0.15, 0.2) is 23.0 Å². The van der Waals surface area contributed by atoms with E-state index >= 15 is 0 Å². The standard InChI is InChI=1S/C21H29NO5/c1-4-5-6-7-8-9-12-22-19(18(14(2)23)20(25)21(22)26)15-10-11-16(24)17(13-15)27-3/h10-11,13,19,24-25H,4-9,12H2,1-3H3. The first-order valence-electron chi connectivity index (χ1n) is 9.54. The van der Waals surface area contributed by atoms with E-state index < -0.39 is 17.7 Å². The maximum absolute atomic E-state index is 12.6. The number of rotatable bonds is 10. The summed E-state index contributed by atoms with van der Waals surface area (Å²) in [6, 6.07) is 4.05. The Bertz CT molecular complexity index is 725. The highest BCUT2D eigenvalue weighted by Crippen LogP contribution is 2.40. The van der Waals surface area contributed by atoms with Crippen LogP contribution in [0.5, 0.6) is 11.5 Å². The number of nitrogens with zero attached hydrogens (tertiary/aromatic N) is 1. The number of hydrogen-bond acceptors (Lipinski definition) is 5. The van der Waals surface area contributed by atoms with Gasteiger partial charge in [0.2, 0.25) is 0 Å². The quantitative estimate of drug-likeness (QED) is 0.603. The van der Waals surface area contributed by atoms with E-state index in [-0.39, 0.29) is 22.9 Å². The largest absolute Gasteiger partial charge is 0.504 e. The van der Waals surface area contributed by atoms with Gasteiger partial charge in [-0.25, -0.2) is 0 Å². The molecule has 1 heterocycles. The molecule has 2 rings (SSSR count). The molecule has 27 heavy (non-hydrogen) atoms. The van der Waals surface area contributed by atoms with Gasteiger partial charge in [0, 0.05) is 6.54 Å². The highest BCUT2D eigenvalue weighted by Gasteiger charge is 2.42. The lowest BCUT2D eigenvalue weighted by Crippen LogP contribution is -2.32. The molecule has 0 saturated heterocycles. The Morgan fingerprint density at radius 1 is 1.15 bits per heavy atom. The Kier molecular flexibility index (Phi) is 7.28. The summed E-state index contributed by atoms with van der Waals surface area (Å²) in [6.07, 6.45) is 6.45. The number of unbranched alkanes of at least 4 members (excludes halogenated alkanes) is 5. The number of aliphatic hydroxyl groups is 1. The van der Waals surface area contributed by atoms with Crippen LogP contribution in [-0.4, -0.2) is 40.5 Å². The molecule has 1 atom stereocenters. The predicted octanol–water partition coefficient (Wildman–Crippen LogP) is 4.05. The zero-order chi connectivity index (χ0) is 20.0. The minimum Gasteiger partial charge on any atom is -0.504 e. The molecule has 6 nitrogen and oxygen atoms in total. The second kappa shape index (κ2) is 9.44. The van der Waals surface area contributed by atoms with Gasteiger partial charge in [0.05, 0.1) is 18.7 Å². The lowest BCUT2D eigenvalue weighted by Gasteiger charge is -2.27. The number of methoxy groups -OCH3 is 1. The van der Waals surface area contributed by atoms with Crippen molar-refractivity contribution in [3.8, 4) is 11.5 Å². The van der Waals surface area contributed by atoms with Gasteiger partial charge in [-0.05, 0) is 31.0 Å². The van der Waals surface area contributed by atoms with E-state index in [9.17, 15) is 19.8 Å². The van der Waals surface area contributed by atoms with Gasteiger partial charge in [-0.2, -0.15) is 0 Å². The van der Waals surface area contributed by atoms with E-state index in [4.69, 9.17) is 4.74 Å². The van der Waals surface area contributed by atoms with E-state index in [0.29, 0.717) is 12.1 Å². The summed E-state index contributed by atoms with van der Waals surface area (Å²) in [5.74, 6) is -1.11. The summed E-state index contributed by atoms with van der Waals surface area (Å²) in [6.45, 7) is 3.97. The van der Waals surface area contributed by atoms with Crippen molar-refractivity contribution >= 4 is 11.7 Å². The number of carbonyl (C=O) groups excluding carboxylic acids is 2. The summed E-state index contributed by atoms with van der Waals surface area (Å²) in [5, 5.41) is 20.1. The average molecular weight is 375 g/mol. The topological polar surface area (TPSA) is 87.1 Å². The van der Waals surface area contributed by atoms with Crippen LogP contribution >= 0.6 is 0 Å². The number of aliphatic hydroxyl groups excluding tert-OH is 1. The highest BCUT2D eigenvalue weighted by atomic mass is 16.5. The molecule has 1 aromatic rings. The molecular formula is C21H29NO5. The number of ketones is 1. The van der Waals surface area contributed by atoms with Crippen molar-refractivity contribution in [1.82, 2.24) is 4.90 Å². The third-order valence-corrected chi connectivity index (χ3v) is 4.96. The number of aromatic hydroxyl groups is 1. The van der Waals surface area contributed by atoms with Gasteiger partial charge in [0.25, 0.3) is 5.91 Å². The maximum atomic E-state index is 12.6. The van der Waals surface area contributed by atoms with E-state index in [0.717, 1.165) is 19.3 Å². The first kappa shape index (κ1) is 20.8. The average Bonchev–Trinajstić information content (AvgIpc) is 2.90. The number of phenolic OH excluding ortho intramolecular Hbond substituents is 1. The van der Waals surface area contributed by atoms with Crippen LogP contribution in [0.15, 0.2) is 29.5 Å². The molecular weight excluding hydrogens is 346 g/mol. The molecule has 1 amide bonds. The van der Waals surface area contributed by atoms with E-state index in [1.54, 1.807) is 12.1 Å². The van der Waals surface area contributed by atoms with E-state index in [1.165, 1.54) is 44.3 Å². The molecule has 1 unspecified atom stereocenters. The molecule has 0 fully saturated rings. The molecule has 1 aromatic carbocycles. The zero-order valence-corrected chi connectivity index (χ0v) is 16.3. The molecule has 0 aromatic heterocycles. The van der Waals surface area contributed by atoms with Crippen LogP contribution in [0.1, 0.15) is 64.0 Å². The van der Waals surface area contributed by atoms with Gasteiger partial charge in [-0.3, -0.25) is 9.59 Å². The lowest BCUT2D eigenvalue weighted by atomic mass is 9.96. The van der Waals surface area contributed by atoms with Crippen LogP contribution in [0.4, 0.5) is 0 Å². The summed E-state index contributed by atoms with van der Waals surface area (Å²) in [7, 11) is 1.44. The summed E-state index contributed by atoms with van der Waals surface area (Å²) in [5.41, 5.74) is 0.719. The fourth-order valence-corrected chi connectivity index (χ4v) is 3.52. The van der Waals surface area contributed by atoms with Crippen molar-refractivity contribution in [2.45, 2.75) is 58.4 Å². The fourth-order valence-electron chi connectivity index (χ4n) is 3.52. The van der Waals surface area contributed by atoms with Gasteiger partial charge in [0.1, 0.15) is 0 Å². The predicted molar refractivity (Wildman–Crippen MR) is 103 cm³/mol. The minimum absolute atomic E-state index is 0.0226. The number of carbonyl (C=O) groups is 2. The van der Waals surface area contributed by atoms with Crippen LogP contribution in [0.25, 0.3) is 0 Å². The number of amides is 1. The summed E-state index contributed by atoms with van der Waals surface area (Å²) >= 11 is 0. The zero-order valence-electron chi connectivity index (χ0n) is 16.3. The second-order valence-electron chi connectivity index (χ2n) is 6.92. The number of benzene rings is 1. The first-order chi connectivity index (χ1) is 12.9. The Labute approximate surface area is 160 Å². The smallest absolute Gasteiger partial charge is 0.290 e. The highest BCUT2D eigenvalue weighted by molar-refractivity contribution is 6.08. The van der Waals surface area contributed by atoms with Crippen LogP contribution in [0, 0.1) is 0 Å². The van der Waals surface area contributed by atoms with Crippen LogP contribution in [0.3, 0.4) is 0 Å². The van der Waals surface area contributed by atoms with Crippen molar-refractivity contribution in [1.29, 1.82) is 0 Å². The van der Waals surface area contributed by atoms with Crippen molar-refractivity contribution in [3.63, 3.8) is 0 Å². The van der Waals surface area contributed by atoms with Gasteiger partial charge in [-0.15, -0.1) is 0 Å². The van der Waals surface area contributed by atoms with Crippen molar-refractivity contribution in [2.75, 3.05) is 13.7 Å². The van der Waals surface area contributed by atoms with Gasteiger partial charge in [-0.1, -0.05) is 45.1 Å². The molecule has 0 radical (unpaired) electrons. The maximum Gasteiger partial charge on any atom is 0.290 e. The third kappa shape index (κ3) is 4.62. The van der Waals surface area contributed by atoms with Gasteiger partial charge < -0.3 is 19.8 Å². The SMILES string of the molecule is CCCCCCCCN1C(=O)C(O)=C(C(C)=O)C1c1ccc(O)c(OC)c1. The normalized spacial score (nSPS) is 16.9.